The molecule has 0 spiro atoms. The number of nitrogens with two attached hydrogens (primary N) is 2. The fourth-order valence-electron chi connectivity index (χ4n) is 2.93. The number of hydrazone groups is 1. The Hall–Kier alpha value is -2.97. The van der Waals surface area contributed by atoms with Gasteiger partial charge in [-0.25, -0.2) is 4.79 Å². The van der Waals surface area contributed by atoms with Crippen molar-refractivity contribution in [3.05, 3.63) is 59.1 Å². The summed E-state index contributed by atoms with van der Waals surface area (Å²) in [4.78, 5) is 16.0. The minimum atomic E-state index is -0.287. The number of nitrogens with zero attached hydrogens (tertiary/aromatic N) is 3. The topological polar surface area (TPSA) is 109 Å². The zero-order valence-electron chi connectivity index (χ0n) is 15.3. The molecule has 1 saturated heterocycles. The number of hydrogen-bond donors (Lipinski definition) is 3. The van der Waals surface area contributed by atoms with Crippen LogP contribution in [-0.4, -0.2) is 48.0 Å². The molecular formula is C19H23ClN6O2. The van der Waals surface area contributed by atoms with Gasteiger partial charge in [0.05, 0.1) is 0 Å². The van der Waals surface area contributed by atoms with E-state index in [1.807, 2.05) is 30.3 Å². The van der Waals surface area contributed by atoms with Crippen LogP contribution >= 0.6 is 11.6 Å². The summed E-state index contributed by atoms with van der Waals surface area (Å²) in [5, 5.41) is 6.36. The Morgan fingerprint density at radius 2 is 1.82 bits per heavy atom. The smallest absolute Gasteiger partial charge is 0.324 e. The first kappa shape index (κ1) is 19.8. The summed E-state index contributed by atoms with van der Waals surface area (Å²) >= 11 is 5.90. The molecule has 0 aliphatic carbocycles. The van der Waals surface area contributed by atoms with Crippen molar-refractivity contribution in [3.63, 3.8) is 0 Å². The second kappa shape index (κ2) is 9.29. The standard InChI is InChI=1S/C19H23ClN6O2/c20-15-4-6-16(7-5-15)28-17-3-1-2-14(12-17)13-25-8-10-26(11-9-25)19(27)23-18(21)24-22/h1-7,12H,8-11,13,22H2,(H3,21,23,24,27). The molecule has 0 bridgehead atoms. The van der Waals surface area contributed by atoms with E-state index in [1.54, 1.807) is 17.0 Å². The van der Waals surface area contributed by atoms with E-state index in [0.29, 0.717) is 18.1 Å². The number of carbonyl (C=O) groups excluding carboxylic acids is 1. The molecule has 0 aromatic heterocycles. The van der Waals surface area contributed by atoms with Crippen LogP contribution in [0.25, 0.3) is 0 Å². The first-order valence-electron chi connectivity index (χ1n) is 8.87. The number of hydrogen-bond acceptors (Lipinski definition) is 5. The van der Waals surface area contributed by atoms with Gasteiger partial charge in [-0.1, -0.05) is 23.7 Å². The second-order valence-corrected chi connectivity index (χ2v) is 6.85. The van der Waals surface area contributed by atoms with Crippen molar-refractivity contribution in [2.75, 3.05) is 26.2 Å². The van der Waals surface area contributed by atoms with Crippen molar-refractivity contribution in [2.45, 2.75) is 6.54 Å². The number of carbonyl (C=O) groups is 1. The molecule has 2 aromatic carbocycles. The van der Waals surface area contributed by atoms with Crippen LogP contribution in [0.1, 0.15) is 5.56 Å². The molecule has 3 rings (SSSR count). The van der Waals surface area contributed by atoms with Gasteiger partial charge in [-0.15, -0.1) is 5.10 Å². The number of amides is 2. The summed E-state index contributed by atoms with van der Waals surface area (Å²) < 4.78 is 5.89. The maximum atomic E-state index is 12.0. The van der Waals surface area contributed by atoms with Gasteiger partial charge in [0.15, 0.2) is 0 Å². The maximum absolute atomic E-state index is 12.0. The zero-order chi connectivity index (χ0) is 19.9. The lowest BCUT2D eigenvalue weighted by molar-refractivity contribution is 0.138. The summed E-state index contributed by atoms with van der Waals surface area (Å²) in [6.45, 7) is 3.50. The zero-order valence-corrected chi connectivity index (χ0v) is 16.1. The predicted molar refractivity (Wildman–Crippen MR) is 109 cm³/mol. The van der Waals surface area contributed by atoms with Crippen LogP contribution in [0.2, 0.25) is 5.02 Å². The van der Waals surface area contributed by atoms with Crippen LogP contribution in [0.15, 0.2) is 53.6 Å². The summed E-state index contributed by atoms with van der Waals surface area (Å²) in [5.41, 5.74) is 6.57. The van der Waals surface area contributed by atoms with Crippen molar-refractivity contribution in [1.82, 2.24) is 15.1 Å². The van der Waals surface area contributed by atoms with Gasteiger partial charge in [0.2, 0.25) is 5.96 Å². The second-order valence-electron chi connectivity index (χ2n) is 6.41. The molecule has 0 unspecified atom stereocenters. The highest BCUT2D eigenvalue weighted by Gasteiger charge is 2.21. The number of halogens is 1. The highest BCUT2D eigenvalue weighted by Crippen LogP contribution is 2.24. The van der Waals surface area contributed by atoms with Crippen molar-refractivity contribution >= 4 is 23.6 Å². The van der Waals surface area contributed by atoms with Gasteiger partial charge in [0, 0.05) is 37.7 Å². The van der Waals surface area contributed by atoms with Crippen LogP contribution in [0.5, 0.6) is 11.5 Å². The molecule has 1 heterocycles. The van der Waals surface area contributed by atoms with E-state index in [1.165, 1.54) is 0 Å². The van der Waals surface area contributed by atoms with Crippen LogP contribution in [0.4, 0.5) is 4.79 Å². The molecule has 9 heteroatoms. The van der Waals surface area contributed by atoms with Crippen molar-refractivity contribution < 1.29 is 9.53 Å². The summed E-state index contributed by atoms with van der Waals surface area (Å²) in [6.07, 6.45) is 0. The Labute approximate surface area is 168 Å². The minimum absolute atomic E-state index is 0.0927. The number of benzene rings is 2. The number of piperazine rings is 1. The Bertz CT molecular complexity index is 835. The van der Waals surface area contributed by atoms with E-state index in [9.17, 15) is 4.79 Å². The molecule has 2 amide bonds. The lowest BCUT2D eigenvalue weighted by Crippen LogP contribution is -2.53. The molecule has 5 N–H and O–H groups in total. The summed E-state index contributed by atoms with van der Waals surface area (Å²) in [5.74, 6) is 6.45. The Balaban J connectivity index is 1.52. The average Bonchev–Trinajstić information content (AvgIpc) is 2.70. The molecule has 8 nitrogen and oxygen atoms in total. The van der Waals surface area contributed by atoms with Crippen LogP contribution in [0.3, 0.4) is 0 Å². The SMILES string of the molecule is N/N=C(\N)NC(=O)N1CCN(Cc2cccc(Oc3ccc(Cl)cc3)c2)CC1. The molecule has 1 aliphatic rings. The predicted octanol–water partition coefficient (Wildman–Crippen LogP) is 2.15. The minimum Gasteiger partial charge on any atom is -0.457 e. The number of rotatable bonds is 4. The first-order valence-corrected chi connectivity index (χ1v) is 9.25. The van der Waals surface area contributed by atoms with E-state index < -0.39 is 0 Å². The van der Waals surface area contributed by atoms with Crippen LogP contribution < -0.4 is 21.6 Å². The van der Waals surface area contributed by atoms with Gasteiger partial charge in [0.25, 0.3) is 0 Å². The van der Waals surface area contributed by atoms with Crippen molar-refractivity contribution in [3.8, 4) is 11.5 Å². The Kier molecular flexibility index (Phi) is 6.57. The highest BCUT2D eigenvalue weighted by molar-refractivity contribution is 6.30. The van der Waals surface area contributed by atoms with Crippen LogP contribution in [-0.2, 0) is 6.54 Å². The molecule has 2 aromatic rings. The highest BCUT2D eigenvalue weighted by atomic mass is 35.5. The summed E-state index contributed by atoms with van der Waals surface area (Å²) in [6, 6.07) is 14.9. The molecule has 28 heavy (non-hydrogen) atoms. The number of guanidine groups is 1. The van der Waals surface area contributed by atoms with E-state index in [0.717, 1.165) is 36.7 Å². The van der Waals surface area contributed by atoms with E-state index in [2.05, 4.69) is 21.4 Å². The third-order valence-electron chi connectivity index (χ3n) is 4.39. The quantitative estimate of drug-likeness (QED) is 0.314. The molecule has 0 saturated carbocycles. The fourth-order valence-corrected chi connectivity index (χ4v) is 3.06. The number of nitrogens with one attached hydrogen (secondary N) is 1. The van der Waals surface area contributed by atoms with Gasteiger partial charge >= 0.3 is 6.03 Å². The van der Waals surface area contributed by atoms with E-state index in [4.69, 9.17) is 27.9 Å². The molecule has 1 aliphatic heterocycles. The number of urea groups is 1. The van der Waals surface area contributed by atoms with Crippen molar-refractivity contribution in [1.29, 1.82) is 0 Å². The maximum Gasteiger partial charge on any atom is 0.324 e. The molecule has 0 atom stereocenters. The molecule has 0 radical (unpaired) electrons. The van der Waals surface area contributed by atoms with Crippen molar-refractivity contribution in [2.24, 2.45) is 16.7 Å². The average molecular weight is 403 g/mol. The van der Waals surface area contributed by atoms with Gasteiger partial charge in [-0.05, 0) is 42.0 Å². The monoisotopic (exact) mass is 402 g/mol. The fraction of sp³-hybridized carbons (Fsp3) is 0.263. The summed E-state index contributed by atoms with van der Waals surface area (Å²) in [7, 11) is 0. The van der Waals surface area contributed by atoms with Gasteiger partial charge in [0.1, 0.15) is 11.5 Å². The Morgan fingerprint density at radius 3 is 2.50 bits per heavy atom. The Morgan fingerprint density at radius 1 is 1.11 bits per heavy atom. The normalized spacial score (nSPS) is 15.3. The first-order chi connectivity index (χ1) is 13.5. The van der Waals surface area contributed by atoms with Gasteiger partial charge in [-0.2, -0.15) is 0 Å². The lowest BCUT2D eigenvalue weighted by Gasteiger charge is -2.34. The third kappa shape index (κ3) is 5.51. The number of ether oxygens (including phenoxy) is 1. The molecular weight excluding hydrogens is 380 g/mol. The lowest BCUT2D eigenvalue weighted by atomic mass is 10.2. The van der Waals surface area contributed by atoms with Gasteiger partial charge in [-0.3, -0.25) is 10.2 Å². The molecule has 148 valence electrons. The van der Waals surface area contributed by atoms with Gasteiger partial charge < -0.3 is 21.2 Å². The van der Waals surface area contributed by atoms with E-state index in [-0.39, 0.29) is 12.0 Å². The largest absolute Gasteiger partial charge is 0.457 e. The third-order valence-corrected chi connectivity index (χ3v) is 4.64. The molecule has 1 fully saturated rings. The van der Waals surface area contributed by atoms with E-state index >= 15 is 0 Å². The van der Waals surface area contributed by atoms with Crippen LogP contribution in [0, 0.1) is 0 Å².